The fourth-order valence-corrected chi connectivity index (χ4v) is 1.33. The van der Waals surface area contributed by atoms with Gasteiger partial charge in [0.05, 0.1) is 4.92 Å². The van der Waals surface area contributed by atoms with E-state index in [4.69, 9.17) is 9.84 Å². The molecule has 0 aliphatic heterocycles. The van der Waals surface area contributed by atoms with Gasteiger partial charge in [-0.3, -0.25) is 10.1 Å². The summed E-state index contributed by atoms with van der Waals surface area (Å²) >= 11 is 0. The first kappa shape index (κ1) is 13.9. The number of ether oxygens (including phenoxy) is 1. The highest BCUT2D eigenvalue weighted by Crippen LogP contribution is 2.24. The van der Waals surface area contributed by atoms with E-state index in [0.29, 0.717) is 0 Å². The van der Waals surface area contributed by atoms with E-state index in [-0.39, 0.29) is 11.7 Å². The van der Waals surface area contributed by atoms with E-state index in [2.05, 4.69) is 0 Å². The van der Waals surface area contributed by atoms with Crippen molar-refractivity contribution in [3.8, 4) is 5.75 Å². The Hall–Kier alpha value is -2.18. The van der Waals surface area contributed by atoms with E-state index in [9.17, 15) is 19.3 Å². The summed E-state index contributed by atoms with van der Waals surface area (Å²) in [6, 6.07) is 2.90. The van der Waals surface area contributed by atoms with E-state index in [1.807, 2.05) is 0 Å². The van der Waals surface area contributed by atoms with E-state index in [1.165, 1.54) is 6.07 Å². The lowest BCUT2D eigenvalue weighted by molar-refractivity contribution is -0.387. The summed E-state index contributed by atoms with van der Waals surface area (Å²) < 4.78 is 18.4. The molecule has 0 aromatic heterocycles. The highest BCUT2D eigenvalue weighted by atomic mass is 19.1. The van der Waals surface area contributed by atoms with Gasteiger partial charge < -0.3 is 9.84 Å². The van der Waals surface area contributed by atoms with Crippen molar-refractivity contribution in [2.75, 3.05) is 0 Å². The highest BCUT2D eigenvalue weighted by molar-refractivity contribution is 5.73. The van der Waals surface area contributed by atoms with E-state index in [0.717, 1.165) is 12.1 Å². The average molecular weight is 257 g/mol. The third-order valence-electron chi connectivity index (χ3n) is 2.23. The van der Waals surface area contributed by atoms with Crippen LogP contribution in [-0.4, -0.2) is 22.1 Å². The van der Waals surface area contributed by atoms with Gasteiger partial charge >= 0.3 is 11.7 Å². The molecule has 0 spiro atoms. The lowest BCUT2D eigenvalue weighted by atomic mass is 10.1. The number of carboxylic acid groups (broad SMARTS) is 1. The van der Waals surface area contributed by atoms with Gasteiger partial charge in [-0.2, -0.15) is 4.39 Å². The Bertz CT molecular complexity index is 475. The number of nitro benzene ring substituents is 1. The Kier molecular flexibility index (Phi) is 4.19. The third kappa shape index (κ3) is 3.16. The van der Waals surface area contributed by atoms with Gasteiger partial charge in [-0.05, 0) is 6.07 Å². The molecule has 1 aromatic rings. The number of aliphatic carboxylic acids is 1. The van der Waals surface area contributed by atoms with E-state index < -0.39 is 28.5 Å². The zero-order chi connectivity index (χ0) is 13.9. The van der Waals surface area contributed by atoms with Crippen LogP contribution in [0.3, 0.4) is 0 Å². The SMILES string of the molecule is CC(C)C(Oc1ccc([N+](=O)[O-])c(F)c1)C(=O)O. The Morgan fingerprint density at radius 1 is 1.50 bits per heavy atom. The molecular weight excluding hydrogens is 245 g/mol. The average Bonchev–Trinajstić information content (AvgIpc) is 2.24. The predicted molar refractivity (Wildman–Crippen MR) is 59.9 cm³/mol. The summed E-state index contributed by atoms with van der Waals surface area (Å²) in [5, 5.41) is 19.3. The molecule has 0 saturated carbocycles. The zero-order valence-corrected chi connectivity index (χ0v) is 9.79. The van der Waals surface area contributed by atoms with Crippen molar-refractivity contribution in [1.29, 1.82) is 0 Å². The van der Waals surface area contributed by atoms with Crippen LogP contribution in [0.15, 0.2) is 18.2 Å². The molecule has 7 heteroatoms. The molecule has 0 amide bonds. The van der Waals surface area contributed by atoms with Gasteiger partial charge in [0, 0.05) is 18.1 Å². The molecule has 1 aromatic carbocycles. The minimum Gasteiger partial charge on any atom is -0.478 e. The summed E-state index contributed by atoms with van der Waals surface area (Å²) in [6.07, 6.45) is -1.13. The topological polar surface area (TPSA) is 89.7 Å². The van der Waals surface area contributed by atoms with Crippen LogP contribution in [0.2, 0.25) is 0 Å². The molecule has 18 heavy (non-hydrogen) atoms. The minimum atomic E-state index is -1.18. The standard InChI is InChI=1S/C11H12FNO5/c1-6(2)10(11(14)15)18-7-3-4-9(13(16)17)8(12)5-7/h3-6,10H,1-2H3,(H,14,15). The van der Waals surface area contributed by atoms with Crippen molar-refractivity contribution in [1.82, 2.24) is 0 Å². The maximum absolute atomic E-state index is 13.3. The minimum absolute atomic E-state index is 0.0563. The summed E-state index contributed by atoms with van der Waals surface area (Å²) in [6.45, 7) is 3.28. The zero-order valence-electron chi connectivity index (χ0n) is 9.79. The Labute approximate surface area is 102 Å². The molecule has 0 aliphatic carbocycles. The van der Waals surface area contributed by atoms with E-state index in [1.54, 1.807) is 13.8 Å². The van der Waals surface area contributed by atoms with Crippen LogP contribution in [0, 0.1) is 21.8 Å². The number of rotatable bonds is 5. The number of benzene rings is 1. The van der Waals surface area contributed by atoms with Crippen molar-refractivity contribution < 1.29 is 24.0 Å². The Morgan fingerprint density at radius 2 is 2.11 bits per heavy atom. The van der Waals surface area contributed by atoms with Crippen molar-refractivity contribution in [3.63, 3.8) is 0 Å². The number of hydrogen-bond acceptors (Lipinski definition) is 4. The number of nitro groups is 1. The molecule has 98 valence electrons. The van der Waals surface area contributed by atoms with Crippen LogP contribution in [0.1, 0.15) is 13.8 Å². The van der Waals surface area contributed by atoms with Crippen LogP contribution < -0.4 is 4.74 Å². The molecule has 1 unspecified atom stereocenters. The molecule has 0 saturated heterocycles. The van der Waals surface area contributed by atoms with Gasteiger partial charge in [0.1, 0.15) is 5.75 Å². The molecule has 0 radical (unpaired) electrons. The first-order chi connectivity index (χ1) is 8.32. The number of hydrogen-bond donors (Lipinski definition) is 1. The maximum atomic E-state index is 13.3. The number of nitrogens with zero attached hydrogens (tertiary/aromatic N) is 1. The summed E-state index contributed by atoms with van der Waals surface area (Å²) in [5.74, 6) is -2.62. The van der Waals surface area contributed by atoms with E-state index >= 15 is 0 Å². The molecule has 1 atom stereocenters. The summed E-state index contributed by atoms with van der Waals surface area (Å²) in [5.41, 5.74) is -0.682. The summed E-state index contributed by atoms with van der Waals surface area (Å²) in [4.78, 5) is 20.4. The van der Waals surface area contributed by atoms with Gasteiger partial charge in [-0.1, -0.05) is 13.8 Å². The largest absolute Gasteiger partial charge is 0.478 e. The van der Waals surface area contributed by atoms with Gasteiger partial charge in [0.15, 0.2) is 6.10 Å². The third-order valence-corrected chi connectivity index (χ3v) is 2.23. The summed E-state index contributed by atoms with van der Waals surface area (Å²) in [7, 11) is 0. The monoisotopic (exact) mass is 257 g/mol. The van der Waals surface area contributed by atoms with Gasteiger partial charge in [-0.25, -0.2) is 4.79 Å². The molecule has 0 bridgehead atoms. The predicted octanol–water partition coefficient (Wildman–Crippen LogP) is 2.22. The molecule has 1 N–H and O–H groups in total. The van der Waals surface area contributed by atoms with Crippen molar-refractivity contribution in [3.05, 3.63) is 34.1 Å². The van der Waals surface area contributed by atoms with Crippen LogP contribution in [0.4, 0.5) is 10.1 Å². The maximum Gasteiger partial charge on any atom is 0.345 e. The first-order valence-electron chi connectivity index (χ1n) is 5.16. The fraction of sp³-hybridized carbons (Fsp3) is 0.364. The molecular formula is C11H12FNO5. The second-order valence-electron chi connectivity index (χ2n) is 3.99. The van der Waals surface area contributed by atoms with Crippen molar-refractivity contribution in [2.45, 2.75) is 20.0 Å². The Balaban J connectivity index is 2.95. The normalized spacial score (nSPS) is 12.2. The fourth-order valence-electron chi connectivity index (χ4n) is 1.33. The van der Waals surface area contributed by atoms with Crippen LogP contribution in [0.25, 0.3) is 0 Å². The molecule has 0 aliphatic rings. The second kappa shape index (κ2) is 5.44. The van der Waals surface area contributed by atoms with Crippen LogP contribution in [0.5, 0.6) is 5.75 Å². The molecule has 1 rings (SSSR count). The number of halogens is 1. The quantitative estimate of drug-likeness (QED) is 0.645. The number of carboxylic acids is 1. The van der Waals surface area contributed by atoms with Crippen LogP contribution in [-0.2, 0) is 4.79 Å². The van der Waals surface area contributed by atoms with Crippen molar-refractivity contribution >= 4 is 11.7 Å². The lowest BCUT2D eigenvalue weighted by Gasteiger charge is -2.18. The van der Waals surface area contributed by atoms with Crippen molar-refractivity contribution in [2.24, 2.45) is 5.92 Å². The second-order valence-corrected chi connectivity index (χ2v) is 3.99. The Morgan fingerprint density at radius 3 is 2.50 bits per heavy atom. The molecule has 0 fully saturated rings. The first-order valence-corrected chi connectivity index (χ1v) is 5.16. The van der Waals surface area contributed by atoms with Gasteiger partial charge in [0.2, 0.25) is 5.82 Å². The van der Waals surface area contributed by atoms with Gasteiger partial charge in [-0.15, -0.1) is 0 Å². The van der Waals surface area contributed by atoms with Crippen LogP contribution >= 0.6 is 0 Å². The highest BCUT2D eigenvalue weighted by Gasteiger charge is 2.24. The van der Waals surface area contributed by atoms with Gasteiger partial charge in [0.25, 0.3) is 0 Å². The lowest BCUT2D eigenvalue weighted by Crippen LogP contribution is -2.32. The molecule has 6 nitrogen and oxygen atoms in total. The molecule has 0 heterocycles. The smallest absolute Gasteiger partial charge is 0.345 e. The number of carbonyl (C=O) groups is 1.